The van der Waals surface area contributed by atoms with Crippen molar-refractivity contribution in [3.8, 4) is 5.75 Å². The van der Waals surface area contributed by atoms with Crippen molar-refractivity contribution in [1.29, 1.82) is 0 Å². The molecule has 1 saturated heterocycles. The number of primary amides is 1. The highest BCUT2D eigenvalue weighted by atomic mass is 16.7. The number of benzene rings is 2. The van der Waals surface area contributed by atoms with Gasteiger partial charge in [0.05, 0.1) is 5.56 Å². The number of carboxylic acid groups (broad SMARTS) is 1. The van der Waals surface area contributed by atoms with E-state index in [1.807, 2.05) is 12.1 Å². The Kier molecular flexibility index (Phi) is 9.86. The third kappa shape index (κ3) is 7.31. The van der Waals surface area contributed by atoms with E-state index < -0.39 is 12.1 Å². The molecule has 1 aliphatic heterocycles. The number of aromatic carboxylic acids is 1. The molecule has 6 N–H and O–H groups in total. The predicted molar refractivity (Wildman–Crippen MR) is 136 cm³/mol. The number of amides is 1. The molecule has 0 saturated carbocycles. The number of aromatic hydroxyl groups is 1. The number of phenols is 1. The van der Waals surface area contributed by atoms with Gasteiger partial charge in [-0.2, -0.15) is 5.90 Å². The average Bonchev–Trinajstić information content (AvgIpc) is 2.82. The van der Waals surface area contributed by atoms with Crippen LogP contribution in [0.3, 0.4) is 0 Å². The molecule has 3 atom stereocenters. The van der Waals surface area contributed by atoms with Crippen LogP contribution >= 0.6 is 0 Å². The second-order valence-electron chi connectivity index (χ2n) is 9.45. The van der Waals surface area contributed by atoms with Crippen LogP contribution in [-0.2, 0) is 16.7 Å². The third-order valence-corrected chi connectivity index (χ3v) is 6.98. The third-order valence-electron chi connectivity index (χ3n) is 6.98. The summed E-state index contributed by atoms with van der Waals surface area (Å²) in [6, 6.07) is 14.9. The van der Waals surface area contributed by atoms with Crippen molar-refractivity contribution < 1.29 is 24.6 Å². The van der Waals surface area contributed by atoms with Crippen LogP contribution < -0.4 is 11.6 Å². The molecule has 190 valence electrons. The standard InChI is InChI=1S/C19H27NO.C7H6O2.CH4N2O2/c1-13(2)7-9-20-10-8-19(4)14(3)18(20)11-15-5-6-16(21)12-17(15)19;8-7(9)6-4-2-1-3-5-6;2-1(4)5-3/h5-7,12,14,18,21H,8-11H2,1-4H3;1-5H,(H,8,9);3H2,(H2,2,4)/t14-,18+,19+;;/m0../s1. The first kappa shape index (κ1) is 27.9. The number of hydrogen-bond donors (Lipinski definition) is 4. The van der Waals surface area contributed by atoms with Gasteiger partial charge in [-0.25, -0.2) is 9.59 Å². The first-order valence-corrected chi connectivity index (χ1v) is 11.6. The van der Waals surface area contributed by atoms with Crippen LogP contribution in [0.4, 0.5) is 4.79 Å². The summed E-state index contributed by atoms with van der Waals surface area (Å²) in [6.07, 6.45) is 3.67. The second kappa shape index (κ2) is 12.4. The number of fused-ring (bicyclic) bond motifs is 4. The fraction of sp³-hybridized carbons (Fsp3) is 0.407. The van der Waals surface area contributed by atoms with Crippen LogP contribution in [0.25, 0.3) is 0 Å². The van der Waals surface area contributed by atoms with E-state index in [0.29, 0.717) is 23.3 Å². The maximum atomic E-state index is 10.2. The summed E-state index contributed by atoms with van der Waals surface area (Å²) >= 11 is 0. The topological polar surface area (TPSA) is 139 Å². The van der Waals surface area contributed by atoms with Crippen LogP contribution in [-0.4, -0.2) is 46.3 Å². The molecule has 2 aliphatic rings. The lowest BCUT2D eigenvalue weighted by atomic mass is 9.59. The van der Waals surface area contributed by atoms with Crippen molar-refractivity contribution in [3.63, 3.8) is 0 Å². The van der Waals surface area contributed by atoms with Gasteiger partial charge in [-0.05, 0) is 80.0 Å². The molecule has 2 aromatic rings. The van der Waals surface area contributed by atoms with Gasteiger partial charge in [0.2, 0.25) is 0 Å². The summed E-state index contributed by atoms with van der Waals surface area (Å²) in [6.45, 7) is 11.4. The molecule has 0 spiro atoms. The van der Waals surface area contributed by atoms with Crippen LogP contribution in [0.2, 0.25) is 0 Å². The fourth-order valence-corrected chi connectivity index (χ4v) is 4.80. The van der Waals surface area contributed by atoms with Gasteiger partial charge in [-0.1, -0.05) is 49.8 Å². The van der Waals surface area contributed by atoms with Gasteiger partial charge in [-0.3, -0.25) is 4.90 Å². The van der Waals surface area contributed by atoms with Crippen LogP contribution in [0.15, 0.2) is 60.2 Å². The summed E-state index contributed by atoms with van der Waals surface area (Å²) in [4.78, 5) is 25.5. The highest BCUT2D eigenvalue weighted by Crippen LogP contribution is 2.49. The molecule has 0 aromatic heterocycles. The Balaban J connectivity index is 0.000000255. The minimum absolute atomic E-state index is 0.207. The Bertz CT molecular complexity index is 1040. The number of likely N-dealkylation sites (tertiary alicyclic amines) is 1. The van der Waals surface area contributed by atoms with Crippen LogP contribution in [0.1, 0.15) is 55.6 Å². The van der Waals surface area contributed by atoms with E-state index in [9.17, 15) is 14.7 Å². The van der Waals surface area contributed by atoms with Crippen molar-refractivity contribution in [1.82, 2.24) is 4.90 Å². The smallest absolute Gasteiger partial charge is 0.423 e. The Morgan fingerprint density at radius 1 is 1.20 bits per heavy atom. The van der Waals surface area contributed by atoms with E-state index in [2.05, 4.69) is 61.2 Å². The molecule has 0 unspecified atom stereocenters. The van der Waals surface area contributed by atoms with Crippen LogP contribution in [0.5, 0.6) is 5.75 Å². The van der Waals surface area contributed by atoms with Crippen molar-refractivity contribution in [3.05, 3.63) is 76.9 Å². The number of nitrogens with zero attached hydrogens (tertiary/aromatic N) is 1. The first-order valence-electron chi connectivity index (χ1n) is 11.6. The lowest BCUT2D eigenvalue weighted by Gasteiger charge is -2.54. The quantitative estimate of drug-likeness (QED) is 0.378. The number of nitrogens with two attached hydrogens (primary N) is 2. The number of hydrogen-bond acceptors (Lipinski definition) is 6. The normalized spacial score (nSPS) is 22.2. The predicted octanol–water partition coefficient (Wildman–Crippen LogP) is 4.22. The summed E-state index contributed by atoms with van der Waals surface area (Å²) in [5.41, 5.74) is 9.06. The SMILES string of the molecule is CC(C)=CCN1CC[C@@]2(C)c3cc(O)ccc3C[C@@H]1[C@@H]2C.NOC(N)=O.O=C(O)c1ccccc1. The molecule has 1 aliphatic carbocycles. The van der Waals surface area contributed by atoms with Gasteiger partial charge in [0.1, 0.15) is 5.75 Å². The van der Waals surface area contributed by atoms with E-state index in [1.54, 1.807) is 30.3 Å². The molecule has 1 amide bonds. The fourth-order valence-electron chi connectivity index (χ4n) is 4.80. The molecule has 8 nitrogen and oxygen atoms in total. The number of carbonyl (C=O) groups is 2. The van der Waals surface area contributed by atoms with Crippen molar-refractivity contribution in [2.75, 3.05) is 13.1 Å². The maximum Gasteiger partial charge on any atom is 0.423 e. The molecule has 4 rings (SSSR count). The molecule has 1 fully saturated rings. The summed E-state index contributed by atoms with van der Waals surface area (Å²) in [7, 11) is 0. The molecular formula is C27H37N3O5. The molecule has 1 heterocycles. The van der Waals surface area contributed by atoms with Crippen molar-refractivity contribution >= 4 is 12.1 Å². The molecule has 8 heteroatoms. The van der Waals surface area contributed by atoms with E-state index in [4.69, 9.17) is 5.11 Å². The lowest BCUT2D eigenvalue weighted by Crippen LogP contribution is -2.57. The van der Waals surface area contributed by atoms with Gasteiger partial charge in [-0.15, -0.1) is 0 Å². The minimum Gasteiger partial charge on any atom is -0.508 e. The summed E-state index contributed by atoms with van der Waals surface area (Å²) in [5.74, 6) is 4.36. The van der Waals surface area contributed by atoms with E-state index >= 15 is 0 Å². The van der Waals surface area contributed by atoms with Gasteiger partial charge in [0.25, 0.3) is 0 Å². The Morgan fingerprint density at radius 3 is 2.34 bits per heavy atom. The second-order valence-corrected chi connectivity index (χ2v) is 9.45. The number of carboxylic acids is 1. The van der Waals surface area contributed by atoms with Crippen LogP contribution in [0, 0.1) is 5.92 Å². The van der Waals surface area contributed by atoms with Crippen molar-refractivity contribution in [2.24, 2.45) is 17.5 Å². The van der Waals surface area contributed by atoms with Gasteiger partial charge in [0.15, 0.2) is 0 Å². The maximum absolute atomic E-state index is 10.2. The zero-order valence-electron chi connectivity index (χ0n) is 20.9. The monoisotopic (exact) mass is 483 g/mol. The largest absolute Gasteiger partial charge is 0.508 e. The zero-order chi connectivity index (χ0) is 26.2. The summed E-state index contributed by atoms with van der Waals surface area (Å²) < 4.78 is 0. The minimum atomic E-state index is -0.968. The highest BCUT2D eigenvalue weighted by molar-refractivity contribution is 5.87. The molecule has 0 radical (unpaired) electrons. The number of phenolic OH excluding ortho intramolecular Hbond substituents is 1. The number of allylic oxidation sites excluding steroid dienone is 1. The van der Waals surface area contributed by atoms with Gasteiger partial charge in [0, 0.05) is 12.6 Å². The molecule has 2 bridgehead atoms. The molecule has 35 heavy (non-hydrogen) atoms. The van der Waals surface area contributed by atoms with E-state index in [0.717, 1.165) is 19.5 Å². The number of carbonyl (C=O) groups excluding carboxylic acids is 1. The van der Waals surface area contributed by atoms with Gasteiger partial charge < -0.3 is 20.8 Å². The Hall–Kier alpha value is -3.36. The zero-order valence-corrected chi connectivity index (χ0v) is 20.9. The highest BCUT2D eigenvalue weighted by Gasteiger charge is 2.48. The average molecular weight is 484 g/mol. The molecular weight excluding hydrogens is 446 g/mol. The number of piperidine rings is 1. The van der Waals surface area contributed by atoms with E-state index in [-0.39, 0.29) is 5.41 Å². The van der Waals surface area contributed by atoms with Gasteiger partial charge >= 0.3 is 12.1 Å². The Morgan fingerprint density at radius 2 is 1.83 bits per heavy atom. The number of rotatable bonds is 3. The first-order chi connectivity index (χ1) is 16.5. The van der Waals surface area contributed by atoms with E-state index in [1.165, 1.54) is 23.1 Å². The van der Waals surface area contributed by atoms with Crippen molar-refractivity contribution in [2.45, 2.75) is 52.0 Å². The lowest BCUT2D eigenvalue weighted by molar-refractivity contribution is 0.0397. The molecule has 2 aromatic carbocycles. The Labute approximate surface area is 207 Å². The summed E-state index contributed by atoms with van der Waals surface area (Å²) in [5, 5.41) is 18.3.